The van der Waals surface area contributed by atoms with Crippen LogP contribution in [0.25, 0.3) is 0 Å². The van der Waals surface area contributed by atoms with E-state index in [1.165, 1.54) is 11.1 Å². The van der Waals surface area contributed by atoms with Gasteiger partial charge in [-0.3, -0.25) is 0 Å². The number of carbonyl (C=O) groups is 1. The van der Waals surface area contributed by atoms with E-state index in [1.54, 1.807) is 0 Å². The quantitative estimate of drug-likeness (QED) is 0.783. The van der Waals surface area contributed by atoms with E-state index in [4.69, 9.17) is 9.84 Å². The van der Waals surface area contributed by atoms with Crippen molar-refractivity contribution in [3.8, 4) is 0 Å². The molecule has 0 bridgehead atoms. The molecule has 1 unspecified atom stereocenters. The number of carboxylic acid groups (broad SMARTS) is 1. The van der Waals surface area contributed by atoms with Crippen LogP contribution >= 0.6 is 0 Å². The van der Waals surface area contributed by atoms with Gasteiger partial charge in [0.2, 0.25) is 0 Å². The Labute approximate surface area is 115 Å². The van der Waals surface area contributed by atoms with Crippen molar-refractivity contribution < 1.29 is 14.6 Å². The molecular formula is C15H23NO3. The maximum atomic E-state index is 11.0. The number of aliphatic carboxylic acids is 1. The molecule has 0 radical (unpaired) electrons. The largest absolute Gasteiger partial charge is 0.479 e. The van der Waals surface area contributed by atoms with Crippen molar-refractivity contribution in [2.45, 2.75) is 32.9 Å². The summed E-state index contributed by atoms with van der Waals surface area (Å²) in [5, 5.41) is 8.99. The van der Waals surface area contributed by atoms with Crippen LogP contribution in [0.1, 0.15) is 24.5 Å². The zero-order chi connectivity index (χ0) is 14.3. The SMILES string of the molecule is CCOC(CCN(C)Cc1ccc(C)cc1)C(=O)O. The number of benzene rings is 1. The fraction of sp³-hybridized carbons (Fsp3) is 0.533. The molecule has 19 heavy (non-hydrogen) atoms. The van der Waals surface area contributed by atoms with Gasteiger partial charge < -0.3 is 14.7 Å². The Balaban J connectivity index is 2.40. The molecule has 4 nitrogen and oxygen atoms in total. The number of ether oxygens (including phenoxy) is 1. The number of rotatable bonds is 8. The maximum Gasteiger partial charge on any atom is 0.332 e. The minimum Gasteiger partial charge on any atom is -0.479 e. The molecule has 1 aromatic rings. The second-order valence-corrected chi connectivity index (χ2v) is 4.79. The first-order chi connectivity index (χ1) is 9.02. The van der Waals surface area contributed by atoms with Crippen LogP contribution in [0.4, 0.5) is 0 Å². The average Bonchev–Trinajstić information content (AvgIpc) is 2.37. The monoisotopic (exact) mass is 265 g/mol. The third-order valence-electron chi connectivity index (χ3n) is 2.99. The Hall–Kier alpha value is -1.39. The fourth-order valence-electron chi connectivity index (χ4n) is 1.90. The Morgan fingerprint density at radius 1 is 1.37 bits per heavy atom. The van der Waals surface area contributed by atoms with E-state index >= 15 is 0 Å². The molecule has 0 saturated heterocycles. The van der Waals surface area contributed by atoms with Gasteiger partial charge in [0.25, 0.3) is 0 Å². The number of aryl methyl sites for hydroxylation is 1. The Morgan fingerprint density at radius 3 is 2.53 bits per heavy atom. The number of hydrogen-bond donors (Lipinski definition) is 1. The molecule has 0 heterocycles. The van der Waals surface area contributed by atoms with E-state index in [0.29, 0.717) is 19.6 Å². The second kappa shape index (κ2) is 7.92. The van der Waals surface area contributed by atoms with E-state index in [1.807, 2.05) is 14.0 Å². The summed E-state index contributed by atoms with van der Waals surface area (Å²) < 4.78 is 5.19. The first-order valence-electron chi connectivity index (χ1n) is 6.61. The van der Waals surface area contributed by atoms with Crippen molar-refractivity contribution >= 4 is 5.97 Å². The highest BCUT2D eigenvalue weighted by atomic mass is 16.5. The summed E-state index contributed by atoms with van der Waals surface area (Å²) in [5.74, 6) is -0.884. The van der Waals surface area contributed by atoms with E-state index in [0.717, 1.165) is 6.54 Å². The van der Waals surface area contributed by atoms with E-state index in [2.05, 4.69) is 36.1 Å². The number of nitrogens with zero attached hydrogens (tertiary/aromatic N) is 1. The summed E-state index contributed by atoms with van der Waals surface area (Å²) in [7, 11) is 1.99. The summed E-state index contributed by atoms with van der Waals surface area (Å²) >= 11 is 0. The topological polar surface area (TPSA) is 49.8 Å². The molecule has 0 amide bonds. The highest BCUT2D eigenvalue weighted by Crippen LogP contribution is 2.07. The Morgan fingerprint density at radius 2 is 2.00 bits per heavy atom. The van der Waals surface area contributed by atoms with Crippen LogP contribution in [-0.2, 0) is 16.1 Å². The lowest BCUT2D eigenvalue weighted by atomic mass is 10.1. The lowest BCUT2D eigenvalue weighted by molar-refractivity contribution is -0.150. The van der Waals surface area contributed by atoms with Gasteiger partial charge in [-0.25, -0.2) is 4.79 Å². The summed E-state index contributed by atoms with van der Waals surface area (Å²) in [6.45, 7) is 5.82. The van der Waals surface area contributed by atoms with E-state index in [9.17, 15) is 4.79 Å². The van der Waals surface area contributed by atoms with E-state index < -0.39 is 12.1 Å². The van der Waals surface area contributed by atoms with Gasteiger partial charge in [0.05, 0.1) is 0 Å². The van der Waals surface area contributed by atoms with Gasteiger partial charge >= 0.3 is 5.97 Å². The second-order valence-electron chi connectivity index (χ2n) is 4.79. The molecule has 0 aromatic heterocycles. The van der Waals surface area contributed by atoms with Crippen LogP contribution < -0.4 is 0 Å². The van der Waals surface area contributed by atoms with Gasteiger partial charge in [-0.05, 0) is 32.9 Å². The van der Waals surface area contributed by atoms with Crippen molar-refractivity contribution in [2.75, 3.05) is 20.2 Å². The van der Waals surface area contributed by atoms with Crippen LogP contribution in [0.2, 0.25) is 0 Å². The van der Waals surface area contributed by atoms with Gasteiger partial charge in [0, 0.05) is 19.7 Å². The minimum atomic E-state index is -0.884. The first kappa shape index (κ1) is 15.7. The van der Waals surface area contributed by atoms with Crippen LogP contribution in [0.15, 0.2) is 24.3 Å². The van der Waals surface area contributed by atoms with Crippen molar-refractivity contribution in [3.05, 3.63) is 35.4 Å². The lowest BCUT2D eigenvalue weighted by Crippen LogP contribution is -2.29. The molecule has 4 heteroatoms. The van der Waals surface area contributed by atoms with Gasteiger partial charge in [0.15, 0.2) is 6.10 Å². The highest BCUT2D eigenvalue weighted by molar-refractivity contribution is 5.72. The summed E-state index contributed by atoms with van der Waals surface area (Å²) in [6, 6.07) is 8.37. The highest BCUT2D eigenvalue weighted by Gasteiger charge is 2.17. The van der Waals surface area contributed by atoms with Crippen LogP contribution in [-0.4, -0.2) is 42.3 Å². The van der Waals surface area contributed by atoms with Crippen molar-refractivity contribution in [1.82, 2.24) is 4.90 Å². The third kappa shape index (κ3) is 5.85. The lowest BCUT2D eigenvalue weighted by Gasteiger charge is -2.19. The first-order valence-corrected chi connectivity index (χ1v) is 6.61. The number of hydrogen-bond acceptors (Lipinski definition) is 3. The van der Waals surface area contributed by atoms with Gasteiger partial charge in [0.1, 0.15) is 0 Å². The zero-order valence-corrected chi connectivity index (χ0v) is 11.9. The molecule has 0 aliphatic heterocycles. The zero-order valence-electron chi connectivity index (χ0n) is 11.9. The van der Waals surface area contributed by atoms with Gasteiger partial charge in [-0.1, -0.05) is 29.8 Å². The average molecular weight is 265 g/mol. The molecule has 1 N–H and O–H groups in total. The Bertz CT molecular complexity index is 389. The predicted octanol–water partition coefficient (Wildman–Crippen LogP) is 2.31. The predicted molar refractivity (Wildman–Crippen MR) is 75.2 cm³/mol. The smallest absolute Gasteiger partial charge is 0.332 e. The molecule has 1 rings (SSSR count). The van der Waals surface area contributed by atoms with Crippen molar-refractivity contribution in [3.63, 3.8) is 0 Å². The molecule has 1 aromatic carbocycles. The minimum absolute atomic E-state index is 0.429. The van der Waals surface area contributed by atoms with Gasteiger partial charge in [-0.15, -0.1) is 0 Å². The molecule has 106 valence electrons. The fourth-order valence-corrected chi connectivity index (χ4v) is 1.90. The molecule has 0 spiro atoms. The van der Waals surface area contributed by atoms with Crippen molar-refractivity contribution in [2.24, 2.45) is 0 Å². The normalized spacial score (nSPS) is 12.6. The van der Waals surface area contributed by atoms with Crippen LogP contribution in [0, 0.1) is 6.92 Å². The third-order valence-corrected chi connectivity index (χ3v) is 2.99. The summed E-state index contributed by atoms with van der Waals surface area (Å²) in [4.78, 5) is 13.1. The molecule has 1 atom stereocenters. The molecule has 0 aliphatic rings. The summed E-state index contributed by atoms with van der Waals surface area (Å²) in [6.07, 6.45) is -0.198. The van der Waals surface area contributed by atoms with Crippen LogP contribution in [0.5, 0.6) is 0 Å². The Kier molecular flexibility index (Phi) is 6.53. The van der Waals surface area contributed by atoms with Crippen molar-refractivity contribution in [1.29, 1.82) is 0 Å². The molecule has 0 fully saturated rings. The molecular weight excluding hydrogens is 242 g/mol. The standard InChI is InChI=1S/C15H23NO3/c1-4-19-14(15(17)18)9-10-16(3)11-13-7-5-12(2)6-8-13/h5-8,14H,4,9-11H2,1-3H3,(H,17,18). The molecule has 0 aliphatic carbocycles. The van der Waals surface area contributed by atoms with E-state index in [-0.39, 0.29) is 0 Å². The summed E-state index contributed by atoms with van der Waals surface area (Å²) in [5.41, 5.74) is 2.48. The van der Waals surface area contributed by atoms with Crippen LogP contribution in [0.3, 0.4) is 0 Å². The number of carboxylic acids is 1. The van der Waals surface area contributed by atoms with Gasteiger partial charge in [-0.2, -0.15) is 0 Å². The molecule has 0 saturated carbocycles. The maximum absolute atomic E-state index is 11.0.